The Bertz CT molecular complexity index is 1570. The van der Waals surface area contributed by atoms with Crippen molar-refractivity contribution in [2.24, 2.45) is 5.41 Å². The van der Waals surface area contributed by atoms with Gasteiger partial charge in [0, 0.05) is 6.42 Å². The van der Waals surface area contributed by atoms with Gasteiger partial charge in [-0.25, -0.2) is 8.42 Å². The summed E-state index contributed by atoms with van der Waals surface area (Å²) in [6.07, 6.45) is -10.9. The monoisotopic (exact) mass is 603 g/mol. The fraction of sp³-hybridized carbons (Fsp3) is 0.296. The van der Waals surface area contributed by atoms with Gasteiger partial charge in [-0.15, -0.1) is 13.2 Å². The second-order valence-corrected chi connectivity index (χ2v) is 11.8. The minimum absolute atomic E-state index is 0.00978. The van der Waals surface area contributed by atoms with Crippen molar-refractivity contribution in [1.29, 1.82) is 0 Å². The van der Waals surface area contributed by atoms with Crippen molar-refractivity contribution in [1.82, 2.24) is 0 Å². The maximum Gasteiger partial charge on any atom is 0.573 e. The van der Waals surface area contributed by atoms with Crippen LogP contribution in [0, 0.1) is 5.41 Å². The number of alkyl halides is 6. The van der Waals surface area contributed by atoms with Crippen LogP contribution < -0.4 is 13.8 Å². The molecule has 0 aromatic heterocycles. The van der Waals surface area contributed by atoms with Crippen molar-refractivity contribution < 1.29 is 54.1 Å². The van der Waals surface area contributed by atoms with E-state index in [4.69, 9.17) is 4.74 Å². The summed E-state index contributed by atoms with van der Waals surface area (Å²) in [4.78, 5) is 11.0. The number of halogens is 6. The molecule has 0 saturated heterocycles. The largest absolute Gasteiger partial charge is 0.573 e. The van der Waals surface area contributed by atoms with Crippen LogP contribution in [0.15, 0.2) is 71.6 Å². The maximum atomic E-state index is 13.8. The first-order valence-electron chi connectivity index (χ1n) is 12.0. The zero-order chi connectivity index (χ0) is 30.4. The summed E-state index contributed by atoms with van der Waals surface area (Å²) in [6.45, 7) is 2.39. The van der Waals surface area contributed by atoms with Gasteiger partial charge in [0.25, 0.3) is 10.0 Å². The Hall–Kier alpha value is -3.94. The van der Waals surface area contributed by atoms with Crippen LogP contribution in [0.25, 0.3) is 11.1 Å². The number of anilines is 1. The number of rotatable bonds is 7. The molecule has 1 N–H and O–H groups in total. The second kappa shape index (κ2) is 10.5. The van der Waals surface area contributed by atoms with Gasteiger partial charge in [-0.3, -0.25) is 9.10 Å². The van der Waals surface area contributed by atoms with Gasteiger partial charge in [-0.1, -0.05) is 24.3 Å². The van der Waals surface area contributed by atoms with Crippen LogP contribution in [0.4, 0.5) is 32.0 Å². The van der Waals surface area contributed by atoms with Crippen LogP contribution in [0.3, 0.4) is 0 Å². The number of fused-ring (bicyclic) bond motifs is 1. The normalized spacial score (nSPS) is 16.1. The topological polar surface area (TPSA) is 93.1 Å². The third-order valence-electron chi connectivity index (χ3n) is 6.36. The number of sulfonamides is 1. The van der Waals surface area contributed by atoms with Crippen molar-refractivity contribution in [2.75, 3.05) is 10.8 Å². The Kier molecular flexibility index (Phi) is 7.67. The predicted molar refractivity (Wildman–Crippen MR) is 135 cm³/mol. The molecule has 3 aromatic rings. The highest BCUT2D eigenvalue weighted by atomic mass is 32.2. The van der Waals surface area contributed by atoms with Gasteiger partial charge in [0.05, 0.1) is 28.1 Å². The summed E-state index contributed by atoms with van der Waals surface area (Å²) in [5.41, 5.74) is -2.14. The Morgan fingerprint density at radius 3 is 2.27 bits per heavy atom. The van der Waals surface area contributed by atoms with E-state index in [2.05, 4.69) is 4.74 Å². The molecule has 14 heteroatoms. The number of carboxylic acid groups (broad SMARTS) is 1. The fourth-order valence-corrected chi connectivity index (χ4v) is 5.86. The first-order valence-corrected chi connectivity index (χ1v) is 13.4. The van der Waals surface area contributed by atoms with Crippen LogP contribution in [0.1, 0.15) is 25.8 Å². The van der Waals surface area contributed by atoms with Gasteiger partial charge in [-0.05, 0) is 67.4 Å². The summed E-state index contributed by atoms with van der Waals surface area (Å²) >= 11 is 0. The summed E-state index contributed by atoms with van der Waals surface area (Å²) in [5, 5.41) is 9.56. The van der Waals surface area contributed by atoms with Crippen molar-refractivity contribution in [2.45, 2.75) is 43.8 Å². The number of carbonyl (C=O) groups is 1. The van der Waals surface area contributed by atoms with E-state index in [1.54, 1.807) is 0 Å². The summed E-state index contributed by atoms with van der Waals surface area (Å²) in [6, 6.07) is 12.2. The lowest BCUT2D eigenvalue weighted by Crippen LogP contribution is -2.46. The van der Waals surface area contributed by atoms with E-state index in [1.165, 1.54) is 44.2 Å². The molecule has 1 atom stereocenters. The molecule has 4 rings (SSSR count). The molecule has 0 unspecified atom stereocenters. The molecular formula is C27H23F6NO6S. The Balaban J connectivity index is 1.82. The molecule has 0 saturated carbocycles. The molecule has 1 aliphatic heterocycles. The lowest BCUT2D eigenvalue weighted by Gasteiger charge is -2.38. The summed E-state index contributed by atoms with van der Waals surface area (Å²) < 4.78 is 117. The average Bonchev–Trinajstić information content (AvgIpc) is 2.86. The average molecular weight is 604 g/mol. The molecule has 0 fully saturated rings. The van der Waals surface area contributed by atoms with Gasteiger partial charge >= 0.3 is 18.5 Å². The van der Waals surface area contributed by atoms with Crippen LogP contribution in [-0.2, 0) is 21.0 Å². The molecular weight excluding hydrogens is 580 g/mol. The van der Waals surface area contributed by atoms with Crippen molar-refractivity contribution in [3.63, 3.8) is 0 Å². The standard InChI is InChI=1S/C27H23F6NO6S/c1-25(2,24(35)36)14-20-15-34(41(37,38)21-8-4-6-18(13-21)26(28,29)30)22-12-17(9-10-23(22)39-20)16-5-3-7-19(11-16)40-27(31,32)33/h3-13,20H,14-15H2,1-2H3,(H,35,36)/t20-/m0/s1. The maximum absolute atomic E-state index is 13.8. The Morgan fingerprint density at radius 1 is 0.976 bits per heavy atom. The lowest BCUT2D eigenvalue weighted by molar-refractivity contribution is -0.274. The van der Waals surface area contributed by atoms with Crippen LogP contribution in [-0.4, -0.2) is 38.5 Å². The number of hydrogen-bond acceptors (Lipinski definition) is 5. The zero-order valence-electron chi connectivity index (χ0n) is 21.5. The van der Waals surface area contributed by atoms with E-state index in [0.717, 1.165) is 34.6 Å². The number of ether oxygens (including phenoxy) is 2. The zero-order valence-corrected chi connectivity index (χ0v) is 22.3. The Morgan fingerprint density at radius 2 is 1.63 bits per heavy atom. The third kappa shape index (κ3) is 6.69. The van der Waals surface area contributed by atoms with E-state index in [1.807, 2.05) is 0 Å². The van der Waals surface area contributed by atoms with Crippen molar-refractivity contribution >= 4 is 21.7 Å². The molecule has 0 spiro atoms. The van der Waals surface area contributed by atoms with E-state index >= 15 is 0 Å². The molecule has 0 radical (unpaired) electrons. The molecule has 0 bridgehead atoms. The molecule has 0 amide bonds. The van der Waals surface area contributed by atoms with E-state index in [0.29, 0.717) is 6.07 Å². The molecule has 1 heterocycles. The Labute approximate surface area is 231 Å². The fourth-order valence-electron chi connectivity index (χ4n) is 4.31. The first-order chi connectivity index (χ1) is 18.9. The van der Waals surface area contributed by atoms with Crippen LogP contribution in [0.2, 0.25) is 0 Å². The minimum atomic E-state index is -4.95. The van der Waals surface area contributed by atoms with Gasteiger partial charge in [0.1, 0.15) is 17.6 Å². The van der Waals surface area contributed by atoms with Gasteiger partial charge < -0.3 is 14.6 Å². The number of aliphatic carboxylic acids is 1. The number of hydrogen-bond donors (Lipinski definition) is 1. The van der Waals surface area contributed by atoms with Gasteiger partial charge in [-0.2, -0.15) is 13.2 Å². The van der Waals surface area contributed by atoms with Crippen LogP contribution >= 0.6 is 0 Å². The van der Waals surface area contributed by atoms with E-state index < -0.39 is 62.8 Å². The SMILES string of the molecule is CC(C)(C[C@H]1CN(S(=O)(=O)c2cccc(C(F)(F)F)c2)c2cc(-c3cccc(OC(F)(F)F)c3)ccc2O1)C(=O)O. The van der Waals surface area contributed by atoms with Gasteiger partial charge in [0.2, 0.25) is 0 Å². The first kappa shape index (κ1) is 30.0. The highest BCUT2D eigenvalue weighted by Gasteiger charge is 2.40. The van der Waals surface area contributed by atoms with E-state index in [-0.39, 0.29) is 29.0 Å². The van der Waals surface area contributed by atoms with Crippen molar-refractivity contribution in [3.8, 4) is 22.6 Å². The molecule has 1 aliphatic rings. The third-order valence-corrected chi connectivity index (χ3v) is 8.13. The van der Waals surface area contributed by atoms with Gasteiger partial charge in [0.15, 0.2) is 0 Å². The summed E-state index contributed by atoms with van der Waals surface area (Å²) in [7, 11) is -4.67. The van der Waals surface area contributed by atoms with E-state index in [9.17, 15) is 44.7 Å². The highest BCUT2D eigenvalue weighted by molar-refractivity contribution is 7.92. The summed E-state index contributed by atoms with van der Waals surface area (Å²) in [5.74, 6) is -1.70. The smallest absolute Gasteiger partial charge is 0.486 e. The lowest BCUT2D eigenvalue weighted by atomic mass is 9.86. The highest BCUT2D eigenvalue weighted by Crippen LogP contribution is 2.43. The number of benzene rings is 3. The molecule has 220 valence electrons. The second-order valence-electron chi connectivity index (χ2n) is 9.95. The predicted octanol–water partition coefficient (Wildman–Crippen LogP) is 6.73. The quantitative estimate of drug-likeness (QED) is 0.301. The molecule has 7 nitrogen and oxygen atoms in total. The number of nitrogens with zero attached hydrogens (tertiary/aromatic N) is 1. The minimum Gasteiger partial charge on any atom is -0.486 e. The number of carboxylic acids is 1. The molecule has 0 aliphatic carbocycles. The van der Waals surface area contributed by atoms with Crippen molar-refractivity contribution in [3.05, 3.63) is 72.3 Å². The molecule has 41 heavy (non-hydrogen) atoms. The van der Waals surface area contributed by atoms with Crippen LogP contribution in [0.5, 0.6) is 11.5 Å². The molecule has 3 aromatic carbocycles.